The first-order valence-electron chi connectivity index (χ1n) is 7.71. The molecule has 24 heavy (non-hydrogen) atoms. The fourth-order valence-electron chi connectivity index (χ4n) is 2.65. The number of nitrogens with two attached hydrogens (primary N) is 1. The lowest BCUT2D eigenvalue weighted by atomic mass is 9.93. The summed E-state index contributed by atoms with van der Waals surface area (Å²) < 4.78 is 19.5. The number of aliphatic hydroxyl groups excluding tert-OH is 1. The lowest BCUT2D eigenvalue weighted by Crippen LogP contribution is -2.28. The molecule has 0 aliphatic heterocycles. The van der Waals surface area contributed by atoms with Crippen LogP contribution >= 0.6 is 11.6 Å². The van der Waals surface area contributed by atoms with Gasteiger partial charge in [0.05, 0.1) is 12.3 Å². The zero-order valence-electron chi connectivity index (χ0n) is 12.9. The first kappa shape index (κ1) is 16.7. The van der Waals surface area contributed by atoms with E-state index in [2.05, 4.69) is 15.3 Å². The first-order valence-corrected chi connectivity index (χ1v) is 8.09. The number of nitrogen functional groups attached to an aromatic ring is 1. The molecule has 0 amide bonds. The van der Waals surface area contributed by atoms with E-state index in [1.54, 1.807) is 0 Å². The summed E-state index contributed by atoms with van der Waals surface area (Å²) in [4.78, 5) is 8.05. The molecule has 0 bridgehead atoms. The highest BCUT2D eigenvalue weighted by Crippen LogP contribution is 2.32. The van der Waals surface area contributed by atoms with Crippen molar-refractivity contribution in [1.82, 2.24) is 9.97 Å². The van der Waals surface area contributed by atoms with Crippen molar-refractivity contribution in [3.63, 3.8) is 0 Å². The van der Waals surface area contributed by atoms with E-state index >= 15 is 0 Å². The van der Waals surface area contributed by atoms with Gasteiger partial charge in [0.25, 0.3) is 0 Å². The Morgan fingerprint density at radius 3 is 2.71 bits per heavy atom. The molecule has 4 N–H and O–H groups in total. The van der Waals surface area contributed by atoms with Gasteiger partial charge < -0.3 is 20.9 Å². The second kappa shape index (κ2) is 7.19. The summed E-state index contributed by atoms with van der Waals surface area (Å²) in [6.45, 7) is 0. The third-order valence-corrected chi connectivity index (χ3v) is 4.16. The number of aliphatic hydroxyl groups is 1. The van der Waals surface area contributed by atoms with Crippen LogP contribution in [0.3, 0.4) is 0 Å². The van der Waals surface area contributed by atoms with Gasteiger partial charge in [0, 0.05) is 11.1 Å². The lowest BCUT2D eigenvalue weighted by Gasteiger charge is -2.27. The van der Waals surface area contributed by atoms with Gasteiger partial charge in [0.15, 0.2) is 23.1 Å². The number of rotatable bonds is 4. The molecule has 1 fully saturated rings. The van der Waals surface area contributed by atoms with E-state index in [1.807, 2.05) is 0 Å². The summed E-state index contributed by atoms with van der Waals surface area (Å²) in [7, 11) is 0. The average molecular weight is 353 g/mol. The van der Waals surface area contributed by atoms with Crippen molar-refractivity contribution < 1.29 is 14.2 Å². The van der Waals surface area contributed by atoms with Crippen LogP contribution in [0, 0.1) is 5.82 Å². The van der Waals surface area contributed by atoms with E-state index in [0.29, 0.717) is 5.82 Å². The Hall–Kier alpha value is -2.12. The largest absolute Gasteiger partial charge is 0.449 e. The van der Waals surface area contributed by atoms with Crippen LogP contribution in [-0.4, -0.2) is 27.2 Å². The van der Waals surface area contributed by atoms with E-state index in [-0.39, 0.29) is 34.6 Å². The van der Waals surface area contributed by atoms with Gasteiger partial charge in [-0.1, -0.05) is 11.6 Å². The Bertz CT molecular complexity index is 723. The number of hydrogen-bond donors (Lipinski definition) is 3. The van der Waals surface area contributed by atoms with Crippen molar-refractivity contribution in [3.05, 3.63) is 35.2 Å². The molecule has 0 radical (unpaired) electrons. The monoisotopic (exact) mass is 352 g/mol. The van der Waals surface area contributed by atoms with Crippen LogP contribution < -0.4 is 15.8 Å². The Labute approximate surface area is 143 Å². The molecule has 1 aromatic heterocycles. The first-order chi connectivity index (χ1) is 11.5. The van der Waals surface area contributed by atoms with Crippen LogP contribution in [0.2, 0.25) is 5.02 Å². The van der Waals surface area contributed by atoms with E-state index in [4.69, 9.17) is 22.1 Å². The van der Waals surface area contributed by atoms with Crippen molar-refractivity contribution in [1.29, 1.82) is 0 Å². The summed E-state index contributed by atoms with van der Waals surface area (Å²) in [5.74, 6) is 0.216. The van der Waals surface area contributed by atoms with E-state index in [0.717, 1.165) is 25.7 Å². The normalized spacial score (nSPS) is 20.6. The Kier molecular flexibility index (Phi) is 5.01. The standard InChI is InChI=1S/C16H18ClFN4O2/c17-9-1-6-13(12(18)7-9)24-14-8-20-16(19)22-15(14)21-10-2-4-11(23)5-3-10/h1,6-8,10-11,23H,2-5H2,(H3,19,20,21,22). The highest BCUT2D eigenvalue weighted by molar-refractivity contribution is 6.30. The van der Waals surface area contributed by atoms with Crippen molar-refractivity contribution in [2.75, 3.05) is 11.1 Å². The maximum atomic E-state index is 13.9. The molecule has 8 heteroatoms. The minimum absolute atomic E-state index is 0.0230. The molecule has 128 valence electrons. The number of anilines is 2. The molecule has 2 aromatic rings. The smallest absolute Gasteiger partial charge is 0.222 e. The summed E-state index contributed by atoms with van der Waals surface area (Å²) in [5.41, 5.74) is 5.65. The molecule has 0 spiro atoms. The molecule has 3 rings (SSSR count). The quantitative estimate of drug-likeness (QED) is 0.781. The topological polar surface area (TPSA) is 93.3 Å². The molecule has 0 saturated heterocycles. The molecule has 0 unspecified atom stereocenters. The van der Waals surface area contributed by atoms with Gasteiger partial charge in [-0.05, 0) is 43.9 Å². The summed E-state index contributed by atoms with van der Waals surface area (Å²) >= 11 is 5.74. The predicted octanol–water partition coefficient (Wildman–Crippen LogP) is 3.36. The van der Waals surface area contributed by atoms with Crippen LogP contribution in [-0.2, 0) is 0 Å². The summed E-state index contributed by atoms with van der Waals surface area (Å²) in [6, 6.07) is 4.29. The number of aromatic nitrogens is 2. The zero-order valence-corrected chi connectivity index (χ0v) is 13.6. The van der Waals surface area contributed by atoms with Crippen molar-refractivity contribution in [2.45, 2.75) is 37.8 Å². The fourth-order valence-corrected chi connectivity index (χ4v) is 2.81. The number of nitrogens with zero attached hydrogens (tertiary/aromatic N) is 2. The number of benzene rings is 1. The SMILES string of the molecule is Nc1ncc(Oc2ccc(Cl)cc2F)c(NC2CCC(O)CC2)n1. The van der Waals surface area contributed by atoms with Gasteiger partial charge in [0.2, 0.25) is 5.95 Å². The van der Waals surface area contributed by atoms with Gasteiger partial charge >= 0.3 is 0 Å². The minimum atomic E-state index is -0.578. The number of ether oxygens (including phenoxy) is 1. The number of hydrogen-bond acceptors (Lipinski definition) is 6. The molecule has 1 heterocycles. The zero-order chi connectivity index (χ0) is 17.1. The van der Waals surface area contributed by atoms with Gasteiger partial charge in [-0.15, -0.1) is 0 Å². The number of halogens is 2. The van der Waals surface area contributed by atoms with Crippen molar-refractivity contribution in [2.24, 2.45) is 0 Å². The van der Waals surface area contributed by atoms with E-state index in [9.17, 15) is 9.50 Å². The van der Waals surface area contributed by atoms with E-state index in [1.165, 1.54) is 24.4 Å². The maximum absolute atomic E-state index is 13.9. The molecule has 6 nitrogen and oxygen atoms in total. The third-order valence-electron chi connectivity index (χ3n) is 3.93. The van der Waals surface area contributed by atoms with Crippen LogP contribution in [0.25, 0.3) is 0 Å². The van der Waals surface area contributed by atoms with Crippen LogP contribution in [0.5, 0.6) is 11.5 Å². The van der Waals surface area contributed by atoms with Gasteiger partial charge in [0.1, 0.15) is 0 Å². The van der Waals surface area contributed by atoms with E-state index < -0.39 is 5.82 Å². The highest BCUT2D eigenvalue weighted by atomic mass is 35.5. The molecule has 1 aliphatic rings. The van der Waals surface area contributed by atoms with Crippen LogP contribution in [0.15, 0.2) is 24.4 Å². The summed E-state index contributed by atoms with van der Waals surface area (Å²) in [6.07, 6.45) is 4.20. The molecular formula is C16H18ClFN4O2. The second-order valence-electron chi connectivity index (χ2n) is 5.77. The highest BCUT2D eigenvalue weighted by Gasteiger charge is 2.21. The molecule has 1 aromatic carbocycles. The third kappa shape index (κ3) is 4.04. The predicted molar refractivity (Wildman–Crippen MR) is 89.8 cm³/mol. The fraction of sp³-hybridized carbons (Fsp3) is 0.375. The Morgan fingerprint density at radius 2 is 2.00 bits per heavy atom. The van der Waals surface area contributed by atoms with Gasteiger partial charge in [-0.25, -0.2) is 9.37 Å². The number of nitrogens with one attached hydrogen (secondary N) is 1. The van der Waals surface area contributed by atoms with Crippen molar-refractivity contribution >= 4 is 23.4 Å². The molecule has 1 saturated carbocycles. The molecule has 1 aliphatic carbocycles. The maximum Gasteiger partial charge on any atom is 0.222 e. The minimum Gasteiger partial charge on any atom is -0.449 e. The Balaban J connectivity index is 1.80. The van der Waals surface area contributed by atoms with Crippen LogP contribution in [0.1, 0.15) is 25.7 Å². The van der Waals surface area contributed by atoms with Crippen molar-refractivity contribution in [3.8, 4) is 11.5 Å². The Morgan fingerprint density at radius 1 is 1.25 bits per heavy atom. The van der Waals surface area contributed by atoms with Crippen LogP contribution in [0.4, 0.5) is 16.2 Å². The molecular weight excluding hydrogens is 335 g/mol. The van der Waals surface area contributed by atoms with Gasteiger partial charge in [-0.3, -0.25) is 0 Å². The lowest BCUT2D eigenvalue weighted by molar-refractivity contribution is 0.126. The summed E-state index contributed by atoms with van der Waals surface area (Å²) in [5, 5.41) is 13.1. The molecule has 0 atom stereocenters. The second-order valence-corrected chi connectivity index (χ2v) is 6.20. The van der Waals surface area contributed by atoms with Gasteiger partial charge in [-0.2, -0.15) is 4.98 Å². The average Bonchev–Trinajstić information content (AvgIpc) is 2.54.